The van der Waals surface area contributed by atoms with Crippen molar-refractivity contribution in [2.45, 2.75) is 19.3 Å². The highest BCUT2D eigenvalue weighted by molar-refractivity contribution is 5.77. The molecule has 1 heterocycles. The molecule has 1 N–H and O–H groups in total. The number of benzene rings is 3. The van der Waals surface area contributed by atoms with Crippen molar-refractivity contribution in [1.29, 1.82) is 0 Å². The Morgan fingerprint density at radius 3 is 1.97 bits per heavy atom. The largest absolute Gasteiger partial charge is 0.389 e. The summed E-state index contributed by atoms with van der Waals surface area (Å²) in [5.41, 5.74) is 3.26. The molecule has 0 fully saturated rings. The highest BCUT2D eigenvalue weighted by atomic mass is 16.5. The van der Waals surface area contributed by atoms with Gasteiger partial charge in [0.1, 0.15) is 11.4 Å². The Balaban J connectivity index is 1.56. The van der Waals surface area contributed by atoms with E-state index in [4.69, 9.17) is 4.74 Å². The SMILES string of the molecule is O=c1nc(-c2ccccc2)c(-c2ccccc2)nn1C[C@H](O)COCc1ccccc1. The van der Waals surface area contributed by atoms with Crippen LogP contribution in [0.25, 0.3) is 22.5 Å². The lowest BCUT2D eigenvalue weighted by molar-refractivity contribution is 0.0178. The summed E-state index contributed by atoms with van der Waals surface area (Å²) in [7, 11) is 0. The first-order chi connectivity index (χ1) is 15.2. The van der Waals surface area contributed by atoms with Crippen molar-refractivity contribution in [1.82, 2.24) is 14.8 Å². The highest BCUT2D eigenvalue weighted by Crippen LogP contribution is 2.27. The molecule has 0 aliphatic carbocycles. The predicted octanol–water partition coefficient (Wildman–Crippen LogP) is 3.55. The Labute approximate surface area is 180 Å². The van der Waals surface area contributed by atoms with E-state index in [0.29, 0.717) is 18.0 Å². The molecule has 0 aliphatic heterocycles. The second-order valence-corrected chi connectivity index (χ2v) is 7.16. The highest BCUT2D eigenvalue weighted by Gasteiger charge is 2.16. The first-order valence-corrected chi connectivity index (χ1v) is 10.1. The Bertz CT molecular complexity index is 1160. The lowest BCUT2D eigenvalue weighted by Gasteiger charge is -2.15. The molecule has 0 aliphatic rings. The van der Waals surface area contributed by atoms with Gasteiger partial charge in [-0.3, -0.25) is 0 Å². The normalized spacial score (nSPS) is 11.9. The average molecular weight is 413 g/mol. The molecule has 0 radical (unpaired) electrons. The van der Waals surface area contributed by atoms with E-state index in [-0.39, 0.29) is 13.2 Å². The van der Waals surface area contributed by atoms with E-state index >= 15 is 0 Å². The van der Waals surface area contributed by atoms with Gasteiger partial charge in [-0.15, -0.1) is 0 Å². The van der Waals surface area contributed by atoms with Crippen LogP contribution in [0.2, 0.25) is 0 Å². The van der Waals surface area contributed by atoms with Gasteiger partial charge >= 0.3 is 5.69 Å². The fraction of sp³-hybridized carbons (Fsp3) is 0.160. The standard InChI is InChI=1S/C25H23N3O3/c29-22(18-31-17-19-10-4-1-5-11-19)16-28-25(30)26-23(20-12-6-2-7-13-20)24(27-28)21-14-8-3-9-15-21/h1-15,22,29H,16-18H2/t22-/m0/s1. The number of aromatic nitrogens is 3. The van der Waals surface area contributed by atoms with E-state index in [1.165, 1.54) is 4.68 Å². The summed E-state index contributed by atoms with van der Waals surface area (Å²) in [6.45, 7) is 0.473. The van der Waals surface area contributed by atoms with Crippen LogP contribution in [0.3, 0.4) is 0 Å². The minimum absolute atomic E-state index is 0.00444. The van der Waals surface area contributed by atoms with Crippen LogP contribution in [0.1, 0.15) is 5.56 Å². The third kappa shape index (κ3) is 5.31. The molecule has 4 aromatic rings. The number of hydrogen-bond donors (Lipinski definition) is 1. The van der Waals surface area contributed by atoms with Gasteiger partial charge < -0.3 is 9.84 Å². The Hall–Kier alpha value is -3.61. The summed E-state index contributed by atoms with van der Waals surface area (Å²) in [6, 6.07) is 28.8. The Kier molecular flexibility index (Phi) is 6.62. The number of aliphatic hydroxyl groups is 1. The molecule has 0 amide bonds. The second kappa shape index (κ2) is 9.93. The summed E-state index contributed by atoms with van der Waals surface area (Å²) in [5.74, 6) is 0. The van der Waals surface area contributed by atoms with E-state index in [0.717, 1.165) is 16.7 Å². The molecule has 0 saturated heterocycles. The molecule has 156 valence electrons. The molecule has 1 aromatic heterocycles. The van der Waals surface area contributed by atoms with Crippen LogP contribution in [0, 0.1) is 0 Å². The van der Waals surface area contributed by atoms with Gasteiger partial charge in [0.05, 0.1) is 25.9 Å². The maximum Gasteiger partial charge on any atom is 0.364 e. The third-order valence-electron chi connectivity index (χ3n) is 4.77. The van der Waals surface area contributed by atoms with Crippen molar-refractivity contribution in [2.75, 3.05) is 6.61 Å². The van der Waals surface area contributed by atoms with Crippen molar-refractivity contribution in [2.24, 2.45) is 0 Å². The van der Waals surface area contributed by atoms with Gasteiger partial charge in [-0.1, -0.05) is 91.0 Å². The van der Waals surface area contributed by atoms with Crippen molar-refractivity contribution in [3.8, 4) is 22.5 Å². The molecule has 4 rings (SSSR count). The molecule has 6 heteroatoms. The summed E-state index contributed by atoms with van der Waals surface area (Å²) in [6.07, 6.45) is -0.887. The molecule has 0 unspecified atom stereocenters. The second-order valence-electron chi connectivity index (χ2n) is 7.16. The lowest BCUT2D eigenvalue weighted by atomic mass is 10.0. The summed E-state index contributed by atoms with van der Waals surface area (Å²) in [5, 5.41) is 15.0. The minimum atomic E-state index is -0.887. The van der Waals surface area contributed by atoms with Crippen LogP contribution in [-0.4, -0.2) is 32.6 Å². The predicted molar refractivity (Wildman–Crippen MR) is 119 cm³/mol. The molecule has 0 saturated carbocycles. The summed E-state index contributed by atoms with van der Waals surface area (Å²) < 4.78 is 6.79. The average Bonchev–Trinajstić information content (AvgIpc) is 2.82. The number of nitrogens with zero attached hydrogens (tertiary/aromatic N) is 3. The molecule has 0 bridgehead atoms. The van der Waals surface area contributed by atoms with Gasteiger partial charge in [0.25, 0.3) is 0 Å². The van der Waals surface area contributed by atoms with E-state index in [1.54, 1.807) is 0 Å². The molecule has 0 spiro atoms. The van der Waals surface area contributed by atoms with Crippen molar-refractivity contribution in [3.05, 3.63) is 107 Å². The molecule has 6 nitrogen and oxygen atoms in total. The lowest BCUT2D eigenvalue weighted by Crippen LogP contribution is -2.33. The van der Waals surface area contributed by atoms with Crippen molar-refractivity contribution >= 4 is 0 Å². The zero-order valence-corrected chi connectivity index (χ0v) is 17.0. The van der Waals surface area contributed by atoms with Gasteiger partial charge in [0.2, 0.25) is 0 Å². The van der Waals surface area contributed by atoms with Gasteiger partial charge in [-0.05, 0) is 5.56 Å². The zero-order chi connectivity index (χ0) is 21.5. The summed E-state index contributed by atoms with van der Waals surface area (Å²) in [4.78, 5) is 17.0. The van der Waals surface area contributed by atoms with Crippen LogP contribution >= 0.6 is 0 Å². The minimum Gasteiger partial charge on any atom is -0.389 e. The molecular weight excluding hydrogens is 390 g/mol. The molecule has 3 aromatic carbocycles. The number of hydrogen-bond acceptors (Lipinski definition) is 5. The van der Waals surface area contributed by atoms with E-state index in [2.05, 4.69) is 10.1 Å². The van der Waals surface area contributed by atoms with E-state index < -0.39 is 11.8 Å². The first-order valence-electron chi connectivity index (χ1n) is 10.1. The van der Waals surface area contributed by atoms with E-state index in [1.807, 2.05) is 91.0 Å². The Morgan fingerprint density at radius 2 is 1.35 bits per heavy atom. The maximum atomic E-state index is 12.7. The fourth-order valence-corrected chi connectivity index (χ4v) is 3.26. The fourth-order valence-electron chi connectivity index (χ4n) is 3.26. The van der Waals surface area contributed by atoms with Crippen molar-refractivity contribution < 1.29 is 9.84 Å². The van der Waals surface area contributed by atoms with Crippen molar-refractivity contribution in [3.63, 3.8) is 0 Å². The van der Waals surface area contributed by atoms with Crippen LogP contribution in [0.5, 0.6) is 0 Å². The first kappa shape index (κ1) is 20.7. The van der Waals surface area contributed by atoms with Gasteiger partial charge in [-0.25, -0.2) is 9.48 Å². The number of rotatable bonds is 8. The van der Waals surface area contributed by atoms with Crippen LogP contribution in [0.15, 0.2) is 95.8 Å². The third-order valence-corrected chi connectivity index (χ3v) is 4.77. The van der Waals surface area contributed by atoms with Gasteiger partial charge in [0, 0.05) is 11.1 Å². The topological polar surface area (TPSA) is 77.2 Å². The summed E-state index contributed by atoms with van der Waals surface area (Å²) >= 11 is 0. The number of aliphatic hydroxyl groups excluding tert-OH is 1. The van der Waals surface area contributed by atoms with Crippen LogP contribution in [-0.2, 0) is 17.9 Å². The molecule has 1 atom stereocenters. The van der Waals surface area contributed by atoms with Gasteiger partial charge in [-0.2, -0.15) is 10.1 Å². The molecular formula is C25H23N3O3. The molecule has 31 heavy (non-hydrogen) atoms. The van der Waals surface area contributed by atoms with Crippen LogP contribution in [0.4, 0.5) is 0 Å². The monoisotopic (exact) mass is 413 g/mol. The smallest absolute Gasteiger partial charge is 0.364 e. The number of ether oxygens (including phenoxy) is 1. The van der Waals surface area contributed by atoms with Crippen LogP contribution < -0.4 is 5.69 Å². The Morgan fingerprint density at radius 1 is 0.806 bits per heavy atom. The quantitative estimate of drug-likeness (QED) is 0.478. The van der Waals surface area contributed by atoms with Gasteiger partial charge in [0.15, 0.2) is 0 Å². The maximum absolute atomic E-state index is 12.7. The van der Waals surface area contributed by atoms with E-state index in [9.17, 15) is 9.90 Å². The zero-order valence-electron chi connectivity index (χ0n) is 17.0.